The van der Waals surface area contributed by atoms with Crippen LogP contribution in [0.15, 0.2) is 18.5 Å². The van der Waals surface area contributed by atoms with E-state index in [0.29, 0.717) is 10.9 Å². The van der Waals surface area contributed by atoms with Crippen molar-refractivity contribution in [3.63, 3.8) is 0 Å². The lowest BCUT2D eigenvalue weighted by molar-refractivity contribution is 0.507. The highest BCUT2D eigenvalue weighted by molar-refractivity contribution is 6.31. The summed E-state index contributed by atoms with van der Waals surface area (Å²) in [5, 5.41) is 0.670. The van der Waals surface area contributed by atoms with Crippen LogP contribution >= 0.6 is 24.0 Å². The third-order valence-corrected chi connectivity index (χ3v) is 2.57. The van der Waals surface area contributed by atoms with E-state index in [-0.39, 0.29) is 18.4 Å². The fourth-order valence-corrected chi connectivity index (χ4v) is 1.61. The number of aromatic nitrogens is 1. The highest BCUT2D eigenvalue weighted by atomic mass is 35.5. The Kier molecular flexibility index (Phi) is 6.90. The molecule has 2 nitrogen and oxygen atoms in total. The van der Waals surface area contributed by atoms with Crippen molar-refractivity contribution in [2.45, 2.75) is 32.7 Å². The van der Waals surface area contributed by atoms with Crippen molar-refractivity contribution in [3.8, 4) is 0 Å². The van der Waals surface area contributed by atoms with Gasteiger partial charge in [0.05, 0.1) is 5.02 Å². The molecule has 0 aliphatic heterocycles. The van der Waals surface area contributed by atoms with E-state index in [0.717, 1.165) is 18.4 Å². The molecular weight excluding hydrogens is 231 g/mol. The summed E-state index contributed by atoms with van der Waals surface area (Å²) < 4.78 is 0. The average Bonchev–Trinajstić information content (AvgIpc) is 2.15. The summed E-state index contributed by atoms with van der Waals surface area (Å²) in [6, 6.07) is 1.93. The molecule has 0 fully saturated rings. The standard InChI is InChI=1S/C11H17ClN2.ClH/c1-8(2)3-4-11(13)9-5-6-14-7-10(9)12;/h5-8,11H,3-4,13H2,1-2H3;1H/t11-;/m0./s1. The molecule has 1 atom stereocenters. The van der Waals surface area contributed by atoms with Crippen molar-refractivity contribution >= 4 is 24.0 Å². The topological polar surface area (TPSA) is 38.9 Å². The van der Waals surface area contributed by atoms with Gasteiger partial charge >= 0.3 is 0 Å². The Morgan fingerprint density at radius 2 is 2.07 bits per heavy atom. The van der Waals surface area contributed by atoms with E-state index in [2.05, 4.69) is 18.8 Å². The van der Waals surface area contributed by atoms with Crippen LogP contribution in [0.25, 0.3) is 0 Å². The zero-order chi connectivity index (χ0) is 10.6. The Labute approximate surface area is 103 Å². The van der Waals surface area contributed by atoms with Crippen molar-refractivity contribution < 1.29 is 0 Å². The molecule has 1 rings (SSSR count). The maximum atomic E-state index is 6.03. The van der Waals surface area contributed by atoms with Crippen molar-refractivity contribution in [1.29, 1.82) is 0 Å². The van der Waals surface area contributed by atoms with Crippen molar-refractivity contribution in [1.82, 2.24) is 4.98 Å². The fourth-order valence-electron chi connectivity index (χ4n) is 1.36. The van der Waals surface area contributed by atoms with Crippen LogP contribution in [0.4, 0.5) is 0 Å². The minimum Gasteiger partial charge on any atom is -0.324 e. The fraction of sp³-hybridized carbons (Fsp3) is 0.545. The van der Waals surface area contributed by atoms with Crippen LogP contribution in [0.3, 0.4) is 0 Å². The van der Waals surface area contributed by atoms with Crippen LogP contribution in [0.1, 0.15) is 38.3 Å². The zero-order valence-corrected chi connectivity index (χ0v) is 10.7. The van der Waals surface area contributed by atoms with Gasteiger partial charge in [0.1, 0.15) is 0 Å². The molecule has 0 aliphatic rings. The molecule has 0 saturated heterocycles. The molecule has 0 aromatic carbocycles. The summed E-state index contributed by atoms with van der Waals surface area (Å²) in [6.07, 6.45) is 5.48. The van der Waals surface area contributed by atoms with Gasteiger partial charge in [0.2, 0.25) is 0 Å². The molecule has 0 bridgehead atoms. The minimum absolute atomic E-state index is 0. The Hall–Kier alpha value is -0.310. The molecule has 1 aromatic rings. The van der Waals surface area contributed by atoms with Gasteiger partial charge in [0.15, 0.2) is 0 Å². The highest BCUT2D eigenvalue weighted by Gasteiger charge is 2.10. The second kappa shape index (κ2) is 7.04. The van der Waals surface area contributed by atoms with Gasteiger partial charge in [-0.3, -0.25) is 4.98 Å². The van der Waals surface area contributed by atoms with Gasteiger partial charge in [0.25, 0.3) is 0 Å². The van der Waals surface area contributed by atoms with Gasteiger partial charge in [-0.1, -0.05) is 25.4 Å². The number of hydrogen-bond donors (Lipinski definition) is 1. The number of nitrogens with two attached hydrogens (primary N) is 1. The van der Waals surface area contributed by atoms with Gasteiger partial charge in [-0.15, -0.1) is 12.4 Å². The summed E-state index contributed by atoms with van der Waals surface area (Å²) in [5.41, 5.74) is 7.03. The largest absolute Gasteiger partial charge is 0.324 e. The number of halogens is 2. The Morgan fingerprint density at radius 1 is 1.40 bits per heavy atom. The first-order chi connectivity index (χ1) is 6.61. The van der Waals surface area contributed by atoms with Gasteiger partial charge in [-0.25, -0.2) is 0 Å². The third kappa shape index (κ3) is 4.83. The second-order valence-electron chi connectivity index (χ2n) is 3.97. The lowest BCUT2D eigenvalue weighted by Crippen LogP contribution is -2.11. The molecule has 1 aromatic heterocycles. The van der Waals surface area contributed by atoms with Crippen LogP contribution in [0.2, 0.25) is 5.02 Å². The van der Waals surface area contributed by atoms with Gasteiger partial charge in [-0.05, 0) is 30.4 Å². The predicted molar refractivity (Wildman–Crippen MR) is 67.5 cm³/mol. The monoisotopic (exact) mass is 248 g/mol. The first-order valence-corrected chi connectivity index (χ1v) is 5.34. The lowest BCUT2D eigenvalue weighted by Gasteiger charge is -2.14. The molecular formula is C11H18Cl2N2. The minimum atomic E-state index is 0. The average molecular weight is 249 g/mol. The summed E-state index contributed by atoms with van der Waals surface area (Å²) in [6.45, 7) is 4.39. The predicted octanol–water partition coefficient (Wildman–Crippen LogP) is 3.59. The molecule has 2 N–H and O–H groups in total. The molecule has 0 radical (unpaired) electrons. The first kappa shape index (κ1) is 14.7. The van der Waals surface area contributed by atoms with Crippen molar-refractivity contribution in [2.75, 3.05) is 0 Å². The van der Waals surface area contributed by atoms with Gasteiger partial charge in [0, 0.05) is 18.4 Å². The van der Waals surface area contributed by atoms with E-state index >= 15 is 0 Å². The van der Waals surface area contributed by atoms with E-state index in [9.17, 15) is 0 Å². The third-order valence-electron chi connectivity index (χ3n) is 2.26. The van der Waals surface area contributed by atoms with E-state index in [1.807, 2.05) is 6.07 Å². The maximum Gasteiger partial charge on any atom is 0.0637 e. The molecule has 0 spiro atoms. The molecule has 0 aliphatic carbocycles. The quantitative estimate of drug-likeness (QED) is 0.885. The van der Waals surface area contributed by atoms with E-state index in [1.165, 1.54) is 0 Å². The van der Waals surface area contributed by atoms with Crippen LogP contribution in [0.5, 0.6) is 0 Å². The Bertz CT molecular complexity index is 290. The van der Waals surface area contributed by atoms with Crippen LogP contribution in [0, 0.1) is 5.92 Å². The van der Waals surface area contributed by atoms with E-state index in [4.69, 9.17) is 17.3 Å². The number of rotatable bonds is 4. The normalized spacial score (nSPS) is 12.3. The molecule has 0 unspecified atom stereocenters. The highest BCUT2D eigenvalue weighted by Crippen LogP contribution is 2.24. The Morgan fingerprint density at radius 3 is 2.60 bits per heavy atom. The van der Waals surface area contributed by atoms with Gasteiger partial charge < -0.3 is 5.73 Å². The molecule has 86 valence electrons. The smallest absolute Gasteiger partial charge is 0.0637 e. The molecule has 15 heavy (non-hydrogen) atoms. The molecule has 4 heteroatoms. The van der Waals surface area contributed by atoms with Crippen LogP contribution in [-0.2, 0) is 0 Å². The van der Waals surface area contributed by atoms with E-state index in [1.54, 1.807) is 12.4 Å². The summed E-state index contributed by atoms with van der Waals surface area (Å²) in [4.78, 5) is 3.94. The first-order valence-electron chi connectivity index (χ1n) is 4.96. The number of pyridine rings is 1. The van der Waals surface area contributed by atoms with Crippen LogP contribution in [-0.4, -0.2) is 4.98 Å². The molecule has 1 heterocycles. The lowest BCUT2D eigenvalue weighted by atomic mass is 9.99. The SMILES string of the molecule is CC(C)CC[C@H](N)c1ccncc1Cl.Cl. The second-order valence-corrected chi connectivity index (χ2v) is 4.38. The molecule has 0 amide bonds. The zero-order valence-electron chi connectivity index (χ0n) is 9.11. The summed E-state index contributed by atoms with van der Waals surface area (Å²) in [7, 11) is 0. The van der Waals surface area contributed by atoms with Crippen LogP contribution < -0.4 is 5.73 Å². The summed E-state index contributed by atoms with van der Waals surface area (Å²) in [5.74, 6) is 0.682. The van der Waals surface area contributed by atoms with Gasteiger partial charge in [-0.2, -0.15) is 0 Å². The number of nitrogens with zero attached hydrogens (tertiary/aromatic N) is 1. The molecule has 0 saturated carbocycles. The summed E-state index contributed by atoms with van der Waals surface area (Å²) >= 11 is 5.99. The number of hydrogen-bond acceptors (Lipinski definition) is 2. The Balaban J connectivity index is 0.00000196. The maximum absolute atomic E-state index is 6.03. The van der Waals surface area contributed by atoms with Crippen molar-refractivity contribution in [3.05, 3.63) is 29.0 Å². The van der Waals surface area contributed by atoms with Crippen molar-refractivity contribution in [2.24, 2.45) is 11.7 Å². The van der Waals surface area contributed by atoms with E-state index < -0.39 is 0 Å².